The van der Waals surface area contributed by atoms with Gasteiger partial charge in [-0.25, -0.2) is 0 Å². The second-order valence-corrected chi connectivity index (χ2v) is 5.11. The van der Waals surface area contributed by atoms with Crippen molar-refractivity contribution in [2.45, 2.75) is 6.92 Å². The molecule has 0 aliphatic carbocycles. The van der Waals surface area contributed by atoms with Crippen LogP contribution in [0.1, 0.15) is 5.56 Å². The summed E-state index contributed by atoms with van der Waals surface area (Å²) in [5.74, 6) is -0.0729. The molecule has 0 aliphatic rings. The van der Waals surface area contributed by atoms with Gasteiger partial charge in [-0.15, -0.1) is 0 Å². The van der Waals surface area contributed by atoms with Crippen LogP contribution in [0.4, 0.5) is 11.4 Å². The molecule has 0 saturated carbocycles. The molecular weight excluding hydrogens is 272 g/mol. The van der Waals surface area contributed by atoms with Crippen LogP contribution in [0, 0.1) is 6.92 Å². The molecule has 0 bridgehead atoms. The number of likely N-dealkylation sites (N-methyl/N-ethyl adjacent to an activating group) is 1. The van der Waals surface area contributed by atoms with E-state index in [4.69, 9.17) is 11.6 Å². The number of aryl methyl sites for hydroxylation is 1. The fourth-order valence-corrected chi connectivity index (χ4v) is 2.04. The van der Waals surface area contributed by atoms with Crippen molar-refractivity contribution >= 4 is 28.9 Å². The Hall–Kier alpha value is -2.00. The Morgan fingerprint density at radius 3 is 2.55 bits per heavy atom. The van der Waals surface area contributed by atoms with Crippen LogP contribution in [0.3, 0.4) is 0 Å². The standard InChI is InChI=1S/C16H17ClN2O/c1-12-8-9-13(10-15(12)17)18-16(20)11-19(2)14-6-4-3-5-7-14/h3-10H,11H2,1-2H3,(H,18,20). The number of hydrogen-bond donors (Lipinski definition) is 1. The molecule has 2 aromatic rings. The molecule has 1 N–H and O–H groups in total. The van der Waals surface area contributed by atoms with Crippen molar-refractivity contribution in [1.82, 2.24) is 0 Å². The van der Waals surface area contributed by atoms with Crippen molar-refractivity contribution in [3.63, 3.8) is 0 Å². The second kappa shape index (κ2) is 6.44. The summed E-state index contributed by atoms with van der Waals surface area (Å²) >= 11 is 6.04. The molecule has 4 heteroatoms. The summed E-state index contributed by atoms with van der Waals surface area (Å²) < 4.78 is 0. The number of rotatable bonds is 4. The highest BCUT2D eigenvalue weighted by Crippen LogP contribution is 2.20. The molecule has 0 saturated heterocycles. The first-order valence-corrected chi connectivity index (χ1v) is 6.76. The normalized spacial score (nSPS) is 10.2. The summed E-state index contributed by atoms with van der Waals surface area (Å²) in [4.78, 5) is 13.9. The van der Waals surface area contributed by atoms with Crippen molar-refractivity contribution in [1.29, 1.82) is 0 Å². The zero-order valence-corrected chi connectivity index (χ0v) is 12.3. The lowest BCUT2D eigenvalue weighted by molar-refractivity contribution is -0.114. The molecule has 0 heterocycles. The van der Waals surface area contributed by atoms with E-state index in [-0.39, 0.29) is 12.5 Å². The number of hydrogen-bond acceptors (Lipinski definition) is 2. The van der Waals surface area contributed by atoms with Crippen molar-refractivity contribution in [2.24, 2.45) is 0 Å². The van der Waals surface area contributed by atoms with Crippen LogP contribution in [0.2, 0.25) is 5.02 Å². The summed E-state index contributed by atoms with van der Waals surface area (Å²) in [7, 11) is 1.89. The molecule has 3 nitrogen and oxygen atoms in total. The third kappa shape index (κ3) is 3.75. The molecule has 0 aliphatic heterocycles. The number of benzene rings is 2. The fourth-order valence-electron chi connectivity index (χ4n) is 1.86. The first kappa shape index (κ1) is 14.4. The van der Waals surface area contributed by atoms with E-state index in [9.17, 15) is 4.79 Å². The highest BCUT2D eigenvalue weighted by Gasteiger charge is 2.08. The van der Waals surface area contributed by atoms with Crippen molar-refractivity contribution in [3.05, 3.63) is 59.1 Å². The second-order valence-electron chi connectivity index (χ2n) is 4.70. The quantitative estimate of drug-likeness (QED) is 0.930. The van der Waals surface area contributed by atoms with Gasteiger partial charge in [-0.1, -0.05) is 35.9 Å². The fraction of sp³-hybridized carbons (Fsp3) is 0.188. The van der Waals surface area contributed by atoms with Gasteiger partial charge in [0.25, 0.3) is 0 Å². The van der Waals surface area contributed by atoms with Gasteiger partial charge in [0, 0.05) is 23.4 Å². The van der Waals surface area contributed by atoms with Gasteiger partial charge < -0.3 is 10.2 Å². The molecule has 2 aromatic carbocycles. The van der Waals surface area contributed by atoms with Gasteiger partial charge in [-0.2, -0.15) is 0 Å². The SMILES string of the molecule is Cc1ccc(NC(=O)CN(C)c2ccccc2)cc1Cl. The van der Waals surface area contributed by atoms with Crippen molar-refractivity contribution in [3.8, 4) is 0 Å². The van der Waals surface area contributed by atoms with Crippen LogP contribution < -0.4 is 10.2 Å². The van der Waals surface area contributed by atoms with E-state index in [0.717, 1.165) is 11.3 Å². The average molecular weight is 289 g/mol. The van der Waals surface area contributed by atoms with Crippen LogP contribution in [-0.2, 0) is 4.79 Å². The van der Waals surface area contributed by atoms with E-state index in [1.165, 1.54) is 0 Å². The summed E-state index contributed by atoms with van der Waals surface area (Å²) in [5.41, 5.74) is 2.71. The maximum atomic E-state index is 12.0. The Morgan fingerprint density at radius 1 is 1.20 bits per heavy atom. The Balaban J connectivity index is 1.97. The molecule has 104 valence electrons. The van der Waals surface area contributed by atoms with Crippen LogP contribution in [0.15, 0.2) is 48.5 Å². The van der Waals surface area contributed by atoms with Crippen LogP contribution >= 0.6 is 11.6 Å². The number of carbonyl (C=O) groups excluding carboxylic acids is 1. The molecule has 0 radical (unpaired) electrons. The van der Waals surface area contributed by atoms with E-state index in [1.807, 2.05) is 61.3 Å². The molecule has 20 heavy (non-hydrogen) atoms. The minimum absolute atomic E-state index is 0.0729. The van der Waals surface area contributed by atoms with E-state index >= 15 is 0 Å². The number of para-hydroxylation sites is 1. The number of nitrogens with zero attached hydrogens (tertiary/aromatic N) is 1. The van der Waals surface area contributed by atoms with E-state index in [1.54, 1.807) is 6.07 Å². The van der Waals surface area contributed by atoms with Gasteiger partial charge in [0.05, 0.1) is 6.54 Å². The maximum absolute atomic E-state index is 12.0. The van der Waals surface area contributed by atoms with Crippen LogP contribution in [0.5, 0.6) is 0 Å². The molecule has 0 aromatic heterocycles. The van der Waals surface area contributed by atoms with Crippen LogP contribution in [-0.4, -0.2) is 19.5 Å². The lowest BCUT2D eigenvalue weighted by Crippen LogP contribution is -2.29. The molecule has 0 atom stereocenters. The molecular formula is C16H17ClN2O. The molecule has 0 fully saturated rings. The highest BCUT2D eigenvalue weighted by molar-refractivity contribution is 6.31. The topological polar surface area (TPSA) is 32.3 Å². The number of anilines is 2. The highest BCUT2D eigenvalue weighted by atomic mass is 35.5. The zero-order chi connectivity index (χ0) is 14.5. The Labute approximate surface area is 124 Å². The van der Waals surface area contributed by atoms with E-state index in [0.29, 0.717) is 10.7 Å². The van der Waals surface area contributed by atoms with E-state index in [2.05, 4.69) is 5.32 Å². The minimum Gasteiger partial charge on any atom is -0.365 e. The van der Waals surface area contributed by atoms with Gasteiger partial charge in [0.1, 0.15) is 0 Å². The number of carbonyl (C=O) groups is 1. The Morgan fingerprint density at radius 2 is 1.90 bits per heavy atom. The number of nitrogens with one attached hydrogen (secondary N) is 1. The largest absolute Gasteiger partial charge is 0.365 e. The monoisotopic (exact) mass is 288 g/mol. The third-order valence-electron chi connectivity index (χ3n) is 3.03. The maximum Gasteiger partial charge on any atom is 0.243 e. The first-order valence-electron chi connectivity index (χ1n) is 6.38. The van der Waals surface area contributed by atoms with Gasteiger partial charge in [-0.05, 0) is 36.8 Å². The smallest absolute Gasteiger partial charge is 0.243 e. The van der Waals surface area contributed by atoms with Gasteiger partial charge in [0.2, 0.25) is 5.91 Å². The zero-order valence-electron chi connectivity index (χ0n) is 11.6. The Bertz CT molecular complexity index is 599. The summed E-state index contributed by atoms with van der Waals surface area (Å²) in [5, 5.41) is 3.50. The van der Waals surface area contributed by atoms with Crippen molar-refractivity contribution < 1.29 is 4.79 Å². The lowest BCUT2D eigenvalue weighted by atomic mass is 10.2. The predicted octanol–water partition coefficient (Wildman–Crippen LogP) is 3.72. The summed E-state index contributed by atoms with van der Waals surface area (Å²) in [6, 6.07) is 15.3. The Kier molecular flexibility index (Phi) is 4.64. The number of amides is 1. The first-order chi connectivity index (χ1) is 9.56. The summed E-state index contributed by atoms with van der Waals surface area (Å²) in [6.45, 7) is 2.21. The minimum atomic E-state index is -0.0729. The molecule has 0 unspecified atom stereocenters. The van der Waals surface area contributed by atoms with E-state index < -0.39 is 0 Å². The van der Waals surface area contributed by atoms with Gasteiger partial charge in [-0.3, -0.25) is 4.79 Å². The van der Waals surface area contributed by atoms with Crippen LogP contribution in [0.25, 0.3) is 0 Å². The van der Waals surface area contributed by atoms with Gasteiger partial charge >= 0.3 is 0 Å². The van der Waals surface area contributed by atoms with Crippen molar-refractivity contribution in [2.75, 3.05) is 23.8 Å². The molecule has 2 rings (SSSR count). The molecule has 1 amide bonds. The predicted molar refractivity (Wildman–Crippen MR) is 84.5 cm³/mol. The lowest BCUT2D eigenvalue weighted by Gasteiger charge is -2.18. The summed E-state index contributed by atoms with van der Waals surface area (Å²) in [6.07, 6.45) is 0. The third-order valence-corrected chi connectivity index (χ3v) is 3.44. The number of halogens is 1. The van der Waals surface area contributed by atoms with Gasteiger partial charge in [0.15, 0.2) is 0 Å². The molecule has 0 spiro atoms. The average Bonchev–Trinajstić information content (AvgIpc) is 2.44.